The number of ketones is 1. The van der Waals surface area contributed by atoms with Gasteiger partial charge in [-0.2, -0.15) is 0 Å². The zero-order chi connectivity index (χ0) is 22.1. The van der Waals surface area contributed by atoms with Crippen LogP contribution in [-0.2, 0) is 9.59 Å². The molecule has 2 heterocycles. The van der Waals surface area contributed by atoms with Crippen LogP contribution in [0.2, 0.25) is 5.02 Å². The largest absolute Gasteiger partial charge is 0.507 e. The maximum atomic E-state index is 13.1. The van der Waals surface area contributed by atoms with Gasteiger partial charge >= 0.3 is 5.91 Å². The van der Waals surface area contributed by atoms with E-state index in [1.807, 2.05) is 24.3 Å². The molecule has 6 heteroatoms. The highest BCUT2D eigenvalue weighted by Gasteiger charge is 2.47. The van der Waals surface area contributed by atoms with Gasteiger partial charge in [-0.05, 0) is 53.4 Å². The quantitative estimate of drug-likeness (QED) is 0.336. The molecule has 3 aromatic rings. The third kappa shape index (κ3) is 3.84. The molecule has 1 aliphatic heterocycles. The molecular formula is C25H21ClN2O3. The van der Waals surface area contributed by atoms with Gasteiger partial charge < -0.3 is 5.11 Å². The van der Waals surface area contributed by atoms with Crippen molar-refractivity contribution in [3.05, 3.63) is 100 Å². The normalized spacial score (nSPS) is 18.1. The number of aliphatic hydroxyl groups is 1. The molecule has 0 bridgehead atoms. The Morgan fingerprint density at radius 3 is 2.26 bits per heavy atom. The van der Waals surface area contributed by atoms with E-state index in [0.29, 0.717) is 27.9 Å². The molecular weight excluding hydrogens is 412 g/mol. The fourth-order valence-electron chi connectivity index (χ4n) is 3.71. The molecule has 1 aliphatic rings. The number of benzene rings is 2. The molecule has 1 aromatic heterocycles. The molecule has 5 nitrogen and oxygen atoms in total. The van der Waals surface area contributed by atoms with Crippen molar-refractivity contribution >= 4 is 34.9 Å². The molecule has 0 radical (unpaired) electrons. The Labute approximate surface area is 185 Å². The number of hydrogen-bond acceptors (Lipinski definition) is 4. The minimum atomic E-state index is -0.799. The lowest BCUT2D eigenvalue weighted by atomic mass is 9.93. The second kappa shape index (κ2) is 8.36. The summed E-state index contributed by atoms with van der Waals surface area (Å²) in [4.78, 5) is 31.7. The zero-order valence-electron chi connectivity index (χ0n) is 17.1. The lowest BCUT2D eigenvalue weighted by Gasteiger charge is -2.24. The van der Waals surface area contributed by atoms with Crippen LogP contribution in [0, 0.1) is 0 Å². The van der Waals surface area contributed by atoms with Crippen molar-refractivity contribution in [3.8, 4) is 0 Å². The van der Waals surface area contributed by atoms with Gasteiger partial charge in [0, 0.05) is 16.8 Å². The van der Waals surface area contributed by atoms with E-state index in [1.54, 1.807) is 48.7 Å². The van der Waals surface area contributed by atoms with E-state index in [9.17, 15) is 14.7 Å². The number of carbonyl (C=O) groups excluding carboxylic acids is 2. The predicted molar refractivity (Wildman–Crippen MR) is 121 cm³/mol. The molecule has 1 N–H and O–H groups in total. The number of aliphatic hydroxyl groups excluding tert-OH is 1. The van der Waals surface area contributed by atoms with Crippen molar-refractivity contribution in [1.82, 2.24) is 4.98 Å². The van der Waals surface area contributed by atoms with Crippen LogP contribution in [-0.4, -0.2) is 21.8 Å². The summed E-state index contributed by atoms with van der Waals surface area (Å²) < 4.78 is 0. The van der Waals surface area contributed by atoms with Crippen molar-refractivity contribution in [2.24, 2.45) is 0 Å². The highest BCUT2D eigenvalue weighted by Crippen LogP contribution is 2.41. The van der Waals surface area contributed by atoms with Crippen LogP contribution >= 0.6 is 11.6 Å². The minimum absolute atomic E-state index is 0.0234. The summed E-state index contributed by atoms with van der Waals surface area (Å²) >= 11 is 5.96. The molecule has 1 saturated heterocycles. The van der Waals surface area contributed by atoms with E-state index >= 15 is 0 Å². The monoisotopic (exact) mass is 432 g/mol. The van der Waals surface area contributed by atoms with E-state index in [2.05, 4.69) is 18.8 Å². The summed E-state index contributed by atoms with van der Waals surface area (Å²) in [6.45, 7) is 4.19. The Hall–Kier alpha value is -3.44. The molecule has 4 rings (SSSR count). The Bertz CT molecular complexity index is 1150. The van der Waals surface area contributed by atoms with Gasteiger partial charge in [0.2, 0.25) is 0 Å². The average Bonchev–Trinajstić information content (AvgIpc) is 3.05. The first kappa shape index (κ1) is 20.8. The SMILES string of the molecule is CC(C)c1ccc(C2C(=C(O)c3ccc(Cl)cc3)C(=O)C(=O)N2c2ccccn2)cc1. The van der Waals surface area contributed by atoms with Gasteiger partial charge in [-0.3, -0.25) is 14.5 Å². The molecule has 1 atom stereocenters. The molecule has 0 saturated carbocycles. The van der Waals surface area contributed by atoms with Crippen molar-refractivity contribution in [3.63, 3.8) is 0 Å². The first-order chi connectivity index (χ1) is 14.9. The number of aromatic nitrogens is 1. The van der Waals surface area contributed by atoms with Crippen LogP contribution in [0.3, 0.4) is 0 Å². The fourth-order valence-corrected chi connectivity index (χ4v) is 3.83. The van der Waals surface area contributed by atoms with Gasteiger partial charge in [0.25, 0.3) is 5.78 Å². The van der Waals surface area contributed by atoms with E-state index in [-0.39, 0.29) is 11.3 Å². The molecule has 0 spiro atoms. The van der Waals surface area contributed by atoms with Crippen LogP contribution in [0.5, 0.6) is 0 Å². The molecule has 156 valence electrons. The summed E-state index contributed by atoms with van der Waals surface area (Å²) in [6.07, 6.45) is 1.56. The molecule has 1 fully saturated rings. The fraction of sp³-hybridized carbons (Fsp3) is 0.160. The molecule has 0 aliphatic carbocycles. The summed E-state index contributed by atoms with van der Waals surface area (Å²) in [5.74, 6) is -1.04. The summed E-state index contributed by atoms with van der Waals surface area (Å²) in [6, 6.07) is 18.6. The van der Waals surface area contributed by atoms with Crippen molar-refractivity contribution < 1.29 is 14.7 Å². The van der Waals surface area contributed by atoms with Crippen LogP contribution in [0.25, 0.3) is 5.76 Å². The van der Waals surface area contributed by atoms with Gasteiger partial charge in [0.15, 0.2) is 0 Å². The second-order valence-electron chi connectivity index (χ2n) is 7.69. The van der Waals surface area contributed by atoms with Crippen molar-refractivity contribution in [2.45, 2.75) is 25.8 Å². The van der Waals surface area contributed by atoms with E-state index in [0.717, 1.165) is 5.56 Å². The minimum Gasteiger partial charge on any atom is -0.507 e. The standard InChI is InChI=1S/C25H21ClN2O3/c1-15(2)16-6-8-17(9-7-16)22-21(23(29)18-10-12-19(26)13-11-18)24(30)25(31)28(22)20-5-3-4-14-27-20/h3-15,22,29H,1-2H3. The van der Waals surface area contributed by atoms with Crippen LogP contribution in [0.4, 0.5) is 5.82 Å². The maximum Gasteiger partial charge on any atom is 0.301 e. The maximum absolute atomic E-state index is 13.1. The lowest BCUT2D eigenvalue weighted by molar-refractivity contribution is -0.132. The molecule has 2 aromatic carbocycles. The molecule has 31 heavy (non-hydrogen) atoms. The highest BCUT2D eigenvalue weighted by atomic mass is 35.5. The Morgan fingerprint density at radius 1 is 1.00 bits per heavy atom. The van der Waals surface area contributed by atoms with E-state index < -0.39 is 17.7 Å². The van der Waals surface area contributed by atoms with Crippen LogP contribution in [0.15, 0.2) is 78.5 Å². The Morgan fingerprint density at radius 2 is 1.68 bits per heavy atom. The van der Waals surface area contributed by atoms with Crippen LogP contribution in [0.1, 0.15) is 42.5 Å². The number of nitrogens with zero attached hydrogens (tertiary/aromatic N) is 2. The lowest BCUT2D eigenvalue weighted by Crippen LogP contribution is -2.30. The highest BCUT2D eigenvalue weighted by molar-refractivity contribution is 6.51. The first-order valence-corrected chi connectivity index (χ1v) is 10.3. The first-order valence-electron chi connectivity index (χ1n) is 9.96. The molecule has 1 unspecified atom stereocenters. The number of carbonyl (C=O) groups is 2. The molecule has 1 amide bonds. The van der Waals surface area contributed by atoms with Gasteiger partial charge in [-0.15, -0.1) is 0 Å². The number of pyridine rings is 1. The third-order valence-electron chi connectivity index (χ3n) is 5.38. The number of anilines is 1. The second-order valence-corrected chi connectivity index (χ2v) is 8.12. The predicted octanol–water partition coefficient (Wildman–Crippen LogP) is 5.48. The van der Waals surface area contributed by atoms with Gasteiger partial charge in [-0.1, -0.05) is 55.8 Å². The van der Waals surface area contributed by atoms with Crippen molar-refractivity contribution in [1.29, 1.82) is 0 Å². The number of amides is 1. The number of hydrogen-bond donors (Lipinski definition) is 1. The van der Waals surface area contributed by atoms with Gasteiger partial charge in [0.05, 0.1) is 11.6 Å². The van der Waals surface area contributed by atoms with E-state index in [1.165, 1.54) is 4.90 Å². The van der Waals surface area contributed by atoms with Gasteiger partial charge in [-0.25, -0.2) is 4.98 Å². The van der Waals surface area contributed by atoms with E-state index in [4.69, 9.17) is 11.6 Å². The zero-order valence-corrected chi connectivity index (χ0v) is 17.9. The number of Topliss-reactive ketones (excluding diaryl/α,β-unsaturated/α-hetero) is 1. The summed E-state index contributed by atoms with van der Waals surface area (Å²) in [5, 5.41) is 11.6. The average molecular weight is 433 g/mol. The summed E-state index contributed by atoms with van der Waals surface area (Å²) in [7, 11) is 0. The third-order valence-corrected chi connectivity index (χ3v) is 5.63. The Kier molecular flexibility index (Phi) is 5.61. The Balaban J connectivity index is 1.91. The number of halogens is 1. The van der Waals surface area contributed by atoms with Gasteiger partial charge in [0.1, 0.15) is 11.6 Å². The van der Waals surface area contributed by atoms with Crippen LogP contribution < -0.4 is 4.90 Å². The number of rotatable bonds is 4. The summed E-state index contributed by atoms with van der Waals surface area (Å²) in [5.41, 5.74) is 2.28. The van der Waals surface area contributed by atoms with Crippen molar-refractivity contribution in [2.75, 3.05) is 4.90 Å². The smallest absolute Gasteiger partial charge is 0.301 e. The topological polar surface area (TPSA) is 70.5 Å².